The Bertz CT molecular complexity index is 164. The van der Waals surface area contributed by atoms with Crippen LogP contribution < -0.4 is 0 Å². The van der Waals surface area contributed by atoms with Gasteiger partial charge in [-0.3, -0.25) is 0 Å². The molecule has 0 heterocycles. The lowest BCUT2D eigenvalue weighted by Gasteiger charge is -2.32. The van der Waals surface area contributed by atoms with Crippen molar-refractivity contribution in [1.82, 2.24) is 0 Å². The van der Waals surface area contributed by atoms with Gasteiger partial charge in [-0.05, 0) is 20.8 Å². The molecule has 0 N–H and O–H groups in total. The summed E-state index contributed by atoms with van der Waals surface area (Å²) in [4.78, 5) is 0.170. The van der Waals surface area contributed by atoms with Crippen molar-refractivity contribution in [2.45, 2.75) is 25.6 Å². The molecule has 0 aliphatic heterocycles. The molecule has 0 fully saturated rings. The van der Waals surface area contributed by atoms with E-state index in [1.54, 1.807) is 11.2 Å². The van der Waals surface area contributed by atoms with Gasteiger partial charge >= 0.3 is 8.80 Å². The first kappa shape index (κ1) is 15.4. The predicted molar refractivity (Wildman–Crippen MR) is 72.1 cm³/mol. The van der Waals surface area contributed by atoms with Crippen LogP contribution in [0.3, 0.4) is 0 Å². The molecule has 90 valence electrons. The van der Waals surface area contributed by atoms with E-state index in [0.29, 0.717) is 19.8 Å². The molecular formula is C9H22O3SSi2. The van der Waals surface area contributed by atoms with Crippen molar-refractivity contribution in [3.63, 3.8) is 0 Å². The third-order valence-corrected chi connectivity index (χ3v) is 10.1. The Morgan fingerprint density at radius 3 is 1.80 bits per heavy atom. The topological polar surface area (TPSA) is 27.7 Å². The van der Waals surface area contributed by atoms with Crippen molar-refractivity contribution < 1.29 is 13.3 Å². The minimum atomic E-state index is -2.55. The van der Waals surface area contributed by atoms with Crippen LogP contribution in [0.5, 0.6) is 0 Å². The maximum Gasteiger partial charge on any atom is 0.518 e. The zero-order chi connectivity index (χ0) is 11.7. The maximum absolute atomic E-state index is 5.78. The maximum atomic E-state index is 5.78. The van der Waals surface area contributed by atoms with Gasteiger partial charge in [0, 0.05) is 19.8 Å². The summed E-state index contributed by atoms with van der Waals surface area (Å²) in [6.45, 7) is 11.6. The van der Waals surface area contributed by atoms with Gasteiger partial charge in [-0.2, -0.15) is 11.2 Å². The summed E-state index contributed by atoms with van der Waals surface area (Å²) in [6, 6.07) is 0. The highest BCUT2D eigenvalue weighted by Crippen LogP contribution is 2.24. The van der Waals surface area contributed by atoms with Gasteiger partial charge in [0.2, 0.25) is 0 Å². The van der Waals surface area contributed by atoms with Gasteiger partial charge in [0.05, 0.1) is 14.3 Å². The Morgan fingerprint density at radius 2 is 1.60 bits per heavy atom. The van der Waals surface area contributed by atoms with E-state index in [9.17, 15) is 0 Å². The number of hydrogen-bond donors (Lipinski definition) is 0. The average Bonchev–Trinajstić information content (AvgIpc) is 2.20. The molecule has 0 aromatic heterocycles. The first-order valence-corrected chi connectivity index (χ1v) is 10.8. The quantitative estimate of drug-likeness (QED) is 0.462. The number of rotatable bonds is 9. The zero-order valence-electron chi connectivity index (χ0n) is 10.1. The van der Waals surface area contributed by atoms with Crippen LogP contribution in [0.25, 0.3) is 0 Å². The van der Waals surface area contributed by atoms with Crippen molar-refractivity contribution in [3.05, 3.63) is 12.7 Å². The van der Waals surface area contributed by atoms with Gasteiger partial charge in [-0.25, -0.2) is 0 Å². The molecule has 3 nitrogen and oxygen atoms in total. The molecular weight excluding hydrogens is 244 g/mol. The van der Waals surface area contributed by atoms with E-state index in [4.69, 9.17) is 13.3 Å². The van der Waals surface area contributed by atoms with Crippen LogP contribution in [0.15, 0.2) is 12.7 Å². The van der Waals surface area contributed by atoms with Crippen LogP contribution in [-0.4, -0.2) is 42.9 Å². The Kier molecular flexibility index (Phi) is 8.77. The molecule has 0 rings (SSSR count). The fourth-order valence-electron chi connectivity index (χ4n) is 1.36. The molecule has 6 heteroatoms. The fourth-order valence-corrected chi connectivity index (χ4v) is 8.73. The van der Waals surface area contributed by atoms with Crippen molar-refractivity contribution in [3.8, 4) is 0 Å². The highest BCUT2D eigenvalue weighted by molar-refractivity contribution is 8.21. The molecule has 0 aromatic carbocycles. The van der Waals surface area contributed by atoms with Crippen LogP contribution >= 0.6 is 11.2 Å². The highest BCUT2D eigenvalue weighted by Gasteiger charge is 2.47. The smallest absolute Gasteiger partial charge is 0.373 e. The average molecular weight is 267 g/mol. The normalized spacial score (nSPS) is 14.1. The standard InChI is InChI=1S/C9H22O3SSi2/c1-5-9(13-14)15(10-6-2,11-7-3)12-8-4/h5,9H,1,6-8H2,2-4,14H3. The van der Waals surface area contributed by atoms with E-state index in [1.807, 2.05) is 26.8 Å². The molecule has 15 heavy (non-hydrogen) atoms. The molecule has 1 unspecified atom stereocenters. The van der Waals surface area contributed by atoms with Crippen LogP contribution in [-0.2, 0) is 13.3 Å². The van der Waals surface area contributed by atoms with Gasteiger partial charge < -0.3 is 13.3 Å². The van der Waals surface area contributed by atoms with Crippen LogP contribution in [0.2, 0.25) is 0 Å². The van der Waals surface area contributed by atoms with E-state index in [0.717, 1.165) is 9.39 Å². The monoisotopic (exact) mass is 266 g/mol. The summed E-state index contributed by atoms with van der Waals surface area (Å²) in [7, 11) is -1.52. The van der Waals surface area contributed by atoms with E-state index >= 15 is 0 Å². The van der Waals surface area contributed by atoms with Crippen molar-refractivity contribution in [1.29, 1.82) is 0 Å². The van der Waals surface area contributed by atoms with Crippen molar-refractivity contribution in [2.75, 3.05) is 19.8 Å². The Morgan fingerprint density at radius 1 is 1.20 bits per heavy atom. The van der Waals surface area contributed by atoms with Gasteiger partial charge in [0.15, 0.2) is 0 Å². The highest BCUT2D eigenvalue weighted by atomic mass is 32.4. The second-order valence-electron chi connectivity index (χ2n) is 2.79. The summed E-state index contributed by atoms with van der Waals surface area (Å²) >= 11 is 1.80. The van der Waals surface area contributed by atoms with Gasteiger partial charge in [-0.1, -0.05) is 6.08 Å². The Hall–Kier alpha value is 0.404. The third-order valence-electron chi connectivity index (χ3n) is 1.85. The largest absolute Gasteiger partial charge is 0.518 e. The van der Waals surface area contributed by atoms with Gasteiger partial charge in [0.1, 0.15) is 0 Å². The molecule has 0 saturated heterocycles. The number of hydrogen-bond acceptors (Lipinski definition) is 4. The molecule has 1 atom stereocenters. The molecule has 0 amide bonds. The van der Waals surface area contributed by atoms with E-state index in [-0.39, 0.29) is 4.87 Å². The predicted octanol–water partition coefficient (Wildman–Crippen LogP) is 1.14. The van der Waals surface area contributed by atoms with Crippen LogP contribution in [0.4, 0.5) is 0 Å². The summed E-state index contributed by atoms with van der Waals surface area (Å²) in [6.07, 6.45) is 1.89. The SMILES string of the molecule is C=CC(S[SiH3])[Si](OCC)(OCC)OCC. The Labute approximate surface area is 101 Å². The summed E-state index contributed by atoms with van der Waals surface area (Å²) in [5.74, 6) is 0. The third kappa shape index (κ3) is 4.42. The van der Waals surface area contributed by atoms with E-state index in [1.165, 1.54) is 0 Å². The van der Waals surface area contributed by atoms with Crippen LogP contribution in [0, 0.1) is 0 Å². The van der Waals surface area contributed by atoms with Crippen LogP contribution in [0.1, 0.15) is 20.8 Å². The minimum Gasteiger partial charge on any atom is -0.373 e. The molecule has 0 saturated carbocycles. The first-order chi connectivity index (χ1) is 7.20. The molecule has 0 radical (unpaired) electrons. The molecule has 0 aliphatic carbocycles. The lowest BCUT2D eigenvalue weighted by Crippen LogP contribution is -2.54. The lowest BCUT2D eigenvalue weighted by molar-refractivity contribution is 0.0727. The molecule has 0 aromatic rings. The second-order valence-corrected chi connectivity index (χ2v) is 8.30. The second kappa shape index (κ2) is 8.54. The molecule has 0 spiro atoms. The minimum absolute atomic E-state index is 0.170. The summed E-state index contributed by atoms with van der Waals surface area (Å²) in [5.41, 5.74) is 0. The molecule has 0 aliphatic rings. The Balaban J connectivity index is 4.79. The van der Waals surface area contributed by atoms with E-state index in [2.05, 4.69) is 6.58 Å². The summed E-state index contributed by atoms with van der Waals surface area (Å²) in [5, 5.41) is 0. The van der Waals surface area contributed by atoms with Crippen molar-refractivity contribution in [2.24, 2.45) is 0 Å². The van der Waals surface area contributed by atoms with Crippen molar-refractivity contribution >= 4 is 29.4 Å². The van der Waals surface area contributed by atoms with E-state index < -0.39 is 8.80 Å². The van der Waals surface area contributed by atoms with Gasteiger partial charge in [0.25, 0.3) is 0 Å². The lowest BCUT2D eigenvalue weighted by atomic mass is 10.7. The fraction of sp³-hybridized carbons (Fsp3) is 0.778. The summed E-state index contributed by atoms with van der Waals surface area (Å²) < 4.78 is 17.3. The molecule has 0 bridgehead atoms. The first-order valence-electron chi connectivity index (χ1n) is 5.27. The van der Waals surface area contributed by atoms with Gasteiger partial charge in [-0.15, -0.1) is 6.58 Å². The zero-order valence-corrected chi connectivity index (χ0v) is 13.9.